The third-order valence-electron chi connectivity index (χ3n) is 4.07. The van der Waals surface area contributed by atoms with Crippen LogP contribution in [0.15, 0.2) is 46.9 Å². The number of likely N-dealkylation sites (N-methyl/N-ethyl adjacent to an activating group) is 1. The molecule has 0 saturated carbocycles. The Morgan fingerprint density at radius 3 is 2.59 bits per heavy atom. The zero-order valence-electron chi connectivity index (χ0n) is 16.6. The number of halogens is 1. The molecule has 0 unspecified atom stereocenters. The second kappa shape index (κ2) is 10.6. The number of rotatable bonds is 8. The quantitative estimate of drug-likeness (QED) is 0.632. The van der Waals surface area contributed by atoms with Crippen LogP contribution in [0.3, 0.4) is 0 Å². The molecule has 0 bridgehead atoms. The van der Waals surface area contributed by atoms with Gasteiger partial charge in [-0.05, 0) is 42.8 Å². The number of aryl methyl sites for hydroxylation is 1. The van der Waals surface area contributed by atoms with Crippen molar-refractivity contribution in [2.45, 2.75) is 13.3 Å². The van der Waals surface area contributed by atoms with Gasteiger partial charge in [-0.15, -0.1) is 0 Å². The largest absolute Gasteiger partial charge is 0.484 e. The van der Waals surface area contributed by atoms with Gasteiger partial charge in [-0.1, -0.05) is 28.1 Å². The van der Waals surface area contributed by atoms with Crippen LogP contribution in [0.1, 0.15) is 22.3 Å². The molecule has 0 spiro atoms. The van der Waals surface area contributed by atoms with Crippen LogP contribution in [-0.2, 0) is 9.59 Å². The standard InChI is InChI=1S/C21H24BrN3O4/c1-14-7-8-16(22)12-18(14)24-19(26)9-10-23-21(28)15-5-4-6-17(11-15)29-13-20(27)25(2)3/h4-8,11-12H,9-10,13H2,1-3H3,(H,23,28)(H,24,26). The molecule has 154 valence electrons. The van der Waals surface area contributed by atoms with Crippen molar-refractivity contribution < 1.29 is 19.1 Å². The van der Waals surface area contributed by atoms with Gasteiger partial charge in [-0.25, -0.2) is 0 Å². The number of nitrogens with zero attached hydrogens (tertiary/aromatic N) is 1. The van der Waals surface area contributed by atoms with Crippen LogP contribution in [0.2, 0.25) is 0 Å². The monoisotopic (exact) mass is 461 g/mol. The highest BCUT2D eigenvalue weighted by atomic mass is 79.9. The van der Waals surface area contributed by atoms with Gasteiger partial charge < -0.3 is 20.3 Å². The van der Waals surface area contributed by atoms with Crippen LogP contribution in [0.4, 0.5) is 5.69 Å². The van der Waals surface area contributed by atoms with Gasteiger partial charge in [0.15, 0.2) is 6.61 Å². The van der Waals surface area contributed by atoms with E-state index in [1.807, 2.05) is 25.1 Å². The maximum Gasteiger partial charge on any atom is 0.259 e. The molecule has 2 aromatic rings. The zero-order chi connectivity index (χ0) is 21.4. The Hall–Kier alpha value is -2.87. The number of hydrogen-bond acceptors (Lipinski definition) is 4. The van der Waals surface area contributed by atoms with Crippen LogP contribution >= 0.6 is 15.9 Å². The van der Waals surface area contributed by atoms with Crippen molar-refractivity contribution in [3.05, 3.63) is 58.1 Å². The molecule has 3 amide bonds. The fourth-order valence-electron chi connectivity index (χ4n) is 2.33. The molecule has 0 fully saturated rings. The van der Waals surface area contributed by atoms with Crippen molar-refractivity contribution >= 4 is 39.3 Å². The molecule has 7 nitrogen and oxygen atoms in total. The highest BCUT2D eigenvalue weighted by molar-refractivity contribution is 9.10. The Labute approximate surface area is 178 Å². The third kappa shape index (κ3) is 7.23. The molecule has 0 aliphatic heterocycles. The molecule has 2 aromatic carbocycles. The van der Waals surface area contributed by atoms with E-state index >= 15 is 0 Å². The summed E-state index contributed by atoms with van der Waals surface area (Å²) in [5.41, 5.74) is 2.08. The van der Waals surface area contributed by atoms with Gasteiger partial charge in [0.1, 0.15) is 5.75 Å². The average molecular weight is 462 g/mol. The van der Waals surface area contributed by atoms with E-state index in [0.29, 0.717) is 11.3 Å². The molecule has 2 rings (SSSR count). The Morgan fingerprint density at radius 2 is 1.86 bits per heavy atom. The van der Waals surface area contributed by atoms with Gasteiger partial charge in [-0.2, -0.15) is 0 Å². The molecule has 2 N–H and O–H groups in total. The Balaban J connectivity index is 1.83. The normalized spacial score (nSPS) is 10.2. The van der Waals surface area contributed by atoms with Crippen molar-refractivity contribution in [1.82, 2.24) is 10.2 Å². The van der Waals surface area contributed by atoms with Crippen LogP contribution < -0.4 is 15.4 Å². The van der Waals surface area contributed by atoms with Crippen molar-refractivity contribution in [3.8, 4) is 5.75 Å². The summed E-state index contributed by atoms with van der Waals surface area (Å²) in [6, 6.07) is 12.2. The lowest BCUT2D eigenvalue weighted by molar-refractivity contribution is -0.130. The summed E-state index contributed by atoms with van der Waals surface area (Å²) in [4.78, 5) is 37.4. The summed E-state index contributed by atoms with van der Waals surface area (Å²) in [5.74, 6) is -0.256. The minimum absolute atomic E-state index is 0.104. The summed E-state index contributed by atoms with van der Waals surface area (Å²) in [6.45, 7) is 2.00. The number of anilines is 1. The van der Waals surface area contributed by atoms with Crippen LogP contribution in [-0.4, -0.2) is 49.9 Å². The molecular formula is C21H24BrN3O4. The highest BCUT2D eigenvalue weighted by Gasteiger charge is 2.10. The number of ether oxygens (including phenoxy) is 1. The van der Waals surface area contributed by atoms with E-state index in [-0.39, 0.29) is 37.3 Å². The van der Waals surface area contributed by atoms with Crippen molar-refractivity contribution in [3.63, 3.8) is 0 Å². The van der Waals surface area contributed by atoms with Crippen LogP contribution in [0, 0.1) is 6.92 Å². The minimum atomic E-state index is -0.319. The van der Waals surface area contributed by atoms with Gasteiger partial charge in [0.2, 0.25) is 5.91 Å². The summed E-state index contributed by atoms with van der Waals surface area (Å²) in [5, 5.41) is 5.55. The fraction of sp³-hybridized carbons (Fsp3) is 0.286. The summed E-state index contributed by atoms with van der Waals surface area (Å²) < 4.78 is 6.29. The van der Waals surface area contributed by atoms with E-state index in [9.17, 15) is 14.4 Å². The van der Waals surface area contributed by atoms with Gasteiger partial charge in [0.05, 0.1) is 0 Å². The summed E-state index contributed by atoms with van der Waals surface area (Å²) >= 11 is 3.38. The molecule has 0 saturated heterocycles. The maximum absolute atomic E-state index is 12.3. The molecule has 0 aliphatic rings. The van der Waals surface area contributed by atoms with Crippen molar-refractivity contribution in [1.29, 1.82) is 0 Å². The van der Waals surface area contributed by atoms with E-state index in [0.717, 1.165) is 15.7 Å². The van der Waals surface area contributed by atoms with E-state index in [2.05, 4.69) is 26.6 Å². The van der Waals surface area contributed by atoms with Crippen LogP contribution in [0.25, 0.3) is 0 Å². The van der Waals surface area contributed by atoms with E-state index < -0.39 is 0 Å². The number of nitrogens with one attached hydrogen (secondary N) is 2. The topological polar surface area (TPSA) is 87.7 Å². The average Bonchev–Trinajstić information content (AvgIpc) is 2.69. The lowest BCUT2D eigenvalue weighted by Gasteiger charge is -2.12. The summed E-state index contributed by atoms with van der Waals surface area (Å²) in [7, 11) is 3.29. The number of amides is 3. The van der Waals surface area contributed by atoms with E-state index in [4.69, 9.17) is 4.74 Å². The Morgan fingerprint density at radius 1 is 1.10 bits per heavy atom. The molecule has 8 heteroatoms. The van der Waals surface area contributed by atoms with Crippen molar-refractivity contribution in [2.75, 3.05) is 32.6 Å². The fourth-order valence-corrected chi connectivity index (χ4v) is 2.70. The Kier molecular flexibility index (Phi) is 8.21. The SMILES string of the molecule is Cc1ccc(Br)cc1NC(=O)CCNC(=O)c1cccc(OCC(=O)N(C)C)c1. The maximum atomic E-state index is 12.3. The second-order valence-electron chi connectivity index (χ2n) is 6.62. The first kappa shape index (κ1) is 22.4. The Bertz CT molecular complexity index is 899. The lowest BCUT2D eigenvalue weighted by atomic mass is 10.2. The predicted octanol–water partition coefficient (Wildman–Crippen LogP) is 2.98. The number of benzene rings is 2. The van der Waals surface area contributed by atoms with Crippen LogP contribution in [0.5, 0.6) is 5.75 Å². The minimum Gasteiger partial charge on any atom is -0.484 e. The molecule has 0 aliphatic carbocycles. The number of carbonyl (C=O) groups excluding carboxylic acids is 3. The molecular weight excluding hydrogens is 438 g/mol. The number of carbonyl (C=O) groups is 3. The second-order valence-corrected chi connectivity index (χ2v) is 7.53. The summed E-state index contributed by atoms with van der Waals surface area (Å²) in [6.07, 6.45) is 0.144. The number of hydrogen-bond donors (Lipinski definition) is 2. The molecule has 0 heterocycles. The van der Waals surface area contributed by atoms with Gasteiger partial charge in [0, 0.05) is 42.8 Å². The first-order valence-electron chi connectivity index (χ1n) is 9.03. The predicted molar refractivity (Wildman–Crippen MR) is 115 cm³/mol. The van der Waals surface area contributed by atoms with Gasteiger partial charge >= 0.3 is 0 Å². The smallest absolute Gasteiger partial charge is 0.259 e. The molecule has 0 atom stereocenters. The zero-order valence-corrected chi connectivity index (χ0v) is 18.2. The molecule has 29 heavy (non-hydrogen) atoms. The van der Waals surface area contributed by atoms with E-state index in [1.165, 1.54) is 4.90 Å². The van der Waals surface area contributed by atoms with E-state index in [1.54, 1.807) is 38.4 Å². The van der Waals surface area contributed by atoms with Crippen molar-refractivity contribution in [2.24, 2.45) is 0 Å². The molecule has 0 radical (unpaired) electrons. The van der Waals surface area contributed by atoms with Gasteiger partial charge in [-0.3, -0.25) is 14.4 Å². The highest BCUT2D eigenvalue weighted by Crippen LogP contribution is 2.20. The first-order valence-corrected chi connectivity index (χ1v) is 9.83. The van der Waals surface area contributed by atoms with Gasteiger partial charge in [0.25, 0.3) is 11.8 Å². The third-order valence-corrected chi connectivity index (χ3v) is 4.56. The molecule has 0 aromatic heterocycles. The lowest BCUT2D eigenvalue weighted by Crippen LogP contribution is -2.28. The first-order chi connectivity index (χ1) is 13.8.